The first-order valence-electron chi connectivity index (χ1n) is 7.57. The molecule has 0 spiro atoms. The molecule has 1 saturated heterocycles. The lowest BCUT2D eigenvalue weighted by Crippen LogP contribution is -2.34. The van der Waals surface area contributed by atoms with Crippen LogP contribution in [0.5, 0.6) is 0 Å². The third-order valence-corrected chi connectivity index (χ3v) is 4.34. The third-order valence-electron chi connectivity index (χ3n) is 4.34. The van der Waals surface area contributed by atoms with Crippen LogP contribution >= 0.6 is 0 Å². The lowest BCUT2D eigenvalue weighted by atomic mass is 9.90. The molecule has 1 aromatic carbocycles. The summed E-state index contributed by atoms with van der Waals surface area (Å²) in [5.74, 6) is -1.01. The van der Waals surface area contributed by atoms with E-state index >= 15 is 0 Å². The van der Waals surface area contributed by atoms with Crippen molar-refractivity contribution in [2.45, 2.75) is 19.9 Å². The highest BCUT2D eigenvalue weighted by atomic mass is 16.4. The minimum absolute atomic E-state index is 0.158. The van der Waals surface area contributed by atoms with Gasteiger partial charge in [0.2, 0.25) is 0 Å². The van der Waals surface area contributed by atoms with Crippen molar-refractivity contribution in [2.24, 2.45) is 5.41 Å². The number of carbonyl (C=O) groups excluding carboxylic acids is 1. The van der Waals surface area contributed by atoms with E-state index in [1.54, 1.807) is 28.9 Å². The van der Waals surface area contributed by atoms with E-state index in [2.05, 4.69) is 5.10 Å². The third kappa shape index (κ3) is 3.11. The molecular weight excluding hydrogens is 294 g/mol. The van der Waals surface area contributed by atoms with Crippen LogP contribution < -0.4 is 0 Å². The van der Waals surface area contributed by atoms with Crippen molar-refractivity contribution >= 4 is 11.9 Å². The fourth-order valence-corrected chi connectivity index (χ4v) is 2.82. The molecule has 3 rings (SSSR count). The Labute approximate surface area is 134 Å². The Kier molecular flexibility index (Phi) is 3.90. The molecule has 2 aromatic rings. The van der Waals surface area contributed by atoms with Crippen molar-refractivity contribution in [3.8, 4) is 0 Å². The second-order valence-corrected chi connectivity index (χ2v) is 6.25. The molecule has 2 heterocycles. The van der Waals surface area contributed by atoms with E-state index in [1.165, 1.54) is 0 Å². The molecule has 0 unspecified atom stereocenters. The predicted molar refractivity (Wildman–Crippen MR) is 84.0 cm³/mol. The van der Waals surface area contributed by atoms with Gasteiger partial charge in [-0.3, -0.25) is 14.3 Å². The number of hydrogen-bond donors (Lipinski definition) is 1. The summed E-state index contributed by atoms with van der Waals surface area (Å²) in [5, 5.41) is 13.5. The van der Waals surface area contributed by atoms with Gasteiger partial charge in [0.25, 0.3) is 5.91 Å². The van der Waals surface area contributed by atoms with Gasteiger partial charge in [0, 0.05) is 19.3 Å². The van der Waals surface area contributed by atoms with E-state index in [-0.39, 0.29) is 12.5 Å². The molecule has 0 saturated carbocycles. The normalized spacial score (nSPS) is 20.7. The van der Waals surface area contributed by atoms with Crippen molar-refractivity contribution in [1.29, 1.82) is 0 Å². The van der Waals surface area contributed by atoms with Gasteiger partial charge in [-0.2, -0.15) is 5.10 Å². The Balaban J connectivity index is 1.69. The summed E-state index contributed by atoms with van der Waals surface area (Å²) in [6.07, 6.45) is 3.74. The number of aromatic nitrogens is 2. The van der Waals surface area contributed by atoms with E-state index in [1.807, 2.05) is 30.3 Å². The van der Waals surface area contributed by atoms with Crippen LogP contribution in [0.1, 0.15) is 29.3 Å². The number of aliphatic carboxylic acids is 1. The quantitative estimate of drug-likeness (QED) is 0.935. The maximum absolute atomic E-state index is 12.5. The molecule has 1 aromatic heterocycles. The summed E-state index contributed by atoms with van der Waals surface area (Å²) < 4.78 is 1.72. The van der Waals surface area contributed by atoms with Gasteiger partial charge in [-0.1, -0.05) is 30.3 Å². The smallest absolute Gasteiger partial charge is 0.311 e. The van der Waals surface area contributed by atoms with Crippen molar-refractivity contribution in [3.05, 3.63) is 53.9 Å². The Morgan fingerprint density at radius 1 is 1.30 bits per heavy atom. The number of carboxylic acids is 1. The van der Waals surface area contributed by atoms with Crippen LogP contribution in [0.4, 0.5) is 0 Å². The first-order chi connectivity index (χ1) is 11.0. The summed E-state index contributed by atoms with van der Waals surface area (Å²) in [6.45, 7) is 2.99. The lowest BCUT2D eigenvalue weighted by molar-refractivity contribution is -0.147. The van der Waals surface area contributed by atoms with Crippen LogP contribution in [0.3, 0.4) is 0 Å². The Hall–Kier alpha value is -2.63. The van der Waals surface area contributed by atoms with Gasteiger partial charge < -0.3 is 10.0 Å². The fourth-order valence-electron chi connectivity index (χ4n) is 2.82. The number of likely N-dealkylation sites (tertiary alicyclic amines) is 1. The molecular formula is C17H19N3O3. The topological polar surface area (TPSA) is 75.4 Å². The zero-order valence-electron chi connectivity index (χ0n) is 13.0. The van der Waals surface area contributed by atoms with Crippen LogP contribution in [-0.4, -0.2) is 44.8 Å². The lowest BCUT2D eigenvalue weighted by Gasteiger charge is -2.19. The highest BCUT2D eigenvalue weighted by Gasteiger charge is 2.42. The molecule has 1 aliphatic heterocycles. The fraction of sp³-hybridized carbons (Fsp3) is 0.353. The largest absolute Gasteiger partial charge is 0.481 e. The summed E-state index contributed by atoms with van der Waals surface area (Å²) in [4.78, 5) is 25.4. The summed E-state index contributed by atoms with van der Waals surface area (Å²) in [6, 6.07) is 9.88. The number of amides is 1. The number of carboxylic acid groups (broad SMARTS) is 1. The number of carbonyl (C=O) groups is 2. The van der Waals surface area contributed by atoms with Crippen molar-refractivity contribution in [3.63, 3.8) is 0 Å². The Bertz CT molecular complexity index is 726. The van der Waals surface area contributed by atoms with E-state index in [0.29, 0.717) is 25.1 Å². The molecule has 0 radical (unpaired) electrons. The van der Waals surface area contributed by atoms with Gasteiger partial charge in [0.05, 0.1) is 23.7 Å². The van der Waals surface area contributed by atoms with E-state index in [0.717, 1.165) is 5.56 Å². The zero-order chi connectivity index (χ0) is 16.4. The average Bonchev–Trinajstić information content (AvgIpc) is 3.15. The molecule has 1 fully saturated rings. The van der Waals surface area contributed by atoms with Crippen LogP contribution in [0, 0.1) is 5.41 Å². The number of rotatable bonds is 4. The Morgan fingerprint density at radius 3 is 2.70 bits per heavy atom. The van der Waals surface area contributed by atoms with E-state index in [9.17, 15) is 14.7 Å². The van der Waals surface area contributed by atoms with E-state index in [4.69, 9.17) is 0 Å². The second kappa shape index (κ2) is 5.87. The molecule has 0 aliphatic carbocycles. The van der Waals surface area contributed by atoms with Gasteiger partial charge in [-0.05, 0) is 18.9 Å². The number of hydrogen-bond acceptors (Lipinski definition) is 3. The molecule has 6 nitrogen and oxygen atoms in total. The van der Waals surface area contributed by atoms with Crippen molar-refractivity contribution in [2.75, 3.05) is 13.1 Å². The number of benzene rings is 1. The monoisotopic (exact) mass is 313 g/mol. The minimum Gasteiger partial charge on any atom is -0.481 e. The molecule has 120 valence electrons. The Morgan fingerprint density at radius 2 is 2.04 bits per heavy atom. The van der Waals surface area contributed by atoms with Crippen molar-refractivity contribution in [1.82, 2.24) is 14.7 Å². The number of nitrogens with zero attached hydrogens (tertiary/aromatic N) is 3. The van der Waals surface area contributed by atoms with Gasteiger partial charge in [-0.25, -0.2) is 0 Å². The van der Waals surface area contributed by atoms with Gasteiger partial charge in [0.15, 0.2) is 0 Å². The molecule has 6 heteroatoms. The van der Waals surface area contributed by atoms with Gasteiger partial charge >= 0.3 is 5.97 Å². The summed E-state index contributed by atoms with van der Waals surface area (Å²) >= 11 is 0. The molecule has 1 N–H and O–H groups in total. The predicted octanol–water partition coefficient (Wildman–Crippen LogP) is 1.87. The molecule has 1 atom stereocenters. The summed E-state index contributed by atoms with van der Waals surface area (Å²) in [5.41, 5.74) is 0.750. The van der Waals surface area contributed by atoms with Gasteiger partial charge in [0.1, 0.15) is 0 Å². The summed E-state index contributed by atoms with van der Waals surface area (Å²) in [7, 11) is 0. The highest BCUT2D eigenvalue weighted by molar-refractivity contribution is 5.94. The van der Waals surface area contributed by atoms with E-state index < -0.39 is 11.4 Å². The maximum atomic E-state index is 12.5. The maximum Gasteiger partial charge on any atom is 0.311 e. The second-order valence-electron chi connectivity index (χ2n) is 6.25. The molecule has 1 amide bonds. The highest BCUT2D eigenvalue weighted by Crippen LogP contribution is 2.30. The first-order valence-corrected chi connectivity index (χ1v) is 7.57. The molecule has 0 bridgehead atoms. The molecule has 1 aliphatic rings. The standard InChI is InChI=1S/C17H19N3O3/c1-17(16(22)23)7-8-19(12-17)15(21)14-9-18-20(11-14)10-13-5-3-2-4-6-13/h2-6,9,11H,7-8,10,12H2,1H3,(H,22,23)/t17-/m0/s1. The van der Waals surface area contributed by atoms with Crippen LogP contribution in [0.15, 0.2) is 42.7 Å². The zero-order valence-corrected chi connectivity index (χ0v) is 13.0. The van der Waals surface area contributed by atoms with Crippen LogP contribution in [-0.2, 0) is 11.3 Å². The average molecular weight is 313 g/mol. The van der Waals surface area contributed by atoms with Crippen LogP contribution in [0.2, 0.25) is 0 Å². The SMILES string of the molecule is C[C@]1(C(=O)O)CCN(C(=O)c2cnn(Cc3ccccc3)c2)C1. The first kappa shape index (κ1) is 15.3. The van der Waals surface area contributed by atoms with Crippen LogP contribution in [0.25, 0.3) is 0 Å². The minimum atomic E-state index is -0.854. The van der Waals surface area contributed by atoms with Crippen molar-refractivity contribution < 1.29 is 14.7 Å². The molecule has 23 heavy (non-hydrogen) atoms. The van der Waals surface area contributed by atoms with Gasteiger partial charge in [-0.15, -0.1) is 0 Å².